The van der Waals surface area contributed by atoms with Crippen molar-refractivity contribution >= 4 is 22.6 Å². The highest BCUT2D eigenvalue weighted by atomic mass is 15.1. The molecule has 0 aromatic heterocycles. The van der Waals surface area contributed by atoms with E-state index >= 15 is 0 Å². The molecular formula is C58H51N. The molecule has 0 atom stereocenters. The Balaban J connectivity index is 1.04. The molecule has 0 fully saturated rings. The summed E-state index contributed by atoms with van der Waals surface area (Å²) in [5, 5.41) is 0. The molecule has 0 saturated heterocycles. The number of hydrogen-bond donors (Lipinski definition) is 0. The first kappa shape index (κ1) is 36.9. The molecule has 1 nitrogen and oxygen atoms in total. The molecule has 59 heavy (non-hydrogen) atoms. The maximum atomic E-state index is 4.18. The molecule has 0 amide bonds. The van der Waals surface area contributed by atoms with Crippen LogP contribution in [0.5, 0.6) is 0 Å². The molecule has 7 aromatic carbocycles. The summed E-state index contributed by atoms with van der Waals surface area (Å²) < 4.78 is 0. The van der Waals surface area contributed by atoms with Crippen molar-refractivity contribution in [3.8, 4) is 44.5 Å². The zero-order valence-corrected chi connectivity index (χ0v) is 35.3. The zero-order chi connectivity index (χ0) is 40.8. The van der Waals surface area contributed by atoms with Crippen LogP contribution in [0.15, 0.2) is 182 Å². The standard InChI is InChI=1S/C58H51N/c1-9-15-50-44(10-2)47-31-24-39(34-53(47)56(50,3)4)37-20-26-41(27-21-37)59(43-30-33-49-46-17-12-14-19-52(46)58(7,8)55(49)36-43)42-28-22-38(23-29-42)40-25-32-48-45-16-11-13-18-51(45)57(5,6)54(48)35-40/h9-36H,2H2,1,3-8H3/b15-9-. The molecule has 0 unspecified atom stereocenters. The molecule has 0 radical (unpaired) electrons. The molecule has 1 heteroatoms. The Kier molecular flexibility index (Phi) is 8.31. The molecule has 0 bridgehead atoms. The molecule has 0 N–H and O–H groups in total. The molecule has 0 heterocycles. The molecule has 0 aliphatic heterocycles. The predicted octanol–water partition coefficient (Wildman–Crippen LogP) is 15.9. The van der Waals surface area contributed by atoms with E-state index in [1.54, 1.807) is 0 Å². The van der Waals surface area contributed by atoms with Gasteiger partial charge in [0, 0.05) is 33.3 Å². The van der Waals surface area contributed by atoms with Crippen LogP contribution in [0.2, 0.25) is 0 Å². The number of rotatable bonds is 7. The van der Waals surface area contributed by atoms with Crippen molar-refractivity contribution in [3.63, 3.8) is 0 Å². The molecule has 10 rings (SSSR count). The highest BCUT2D eigenvalue weighted by Crippen LogP contribution is 2.53. The fourth-order valence-corrected chi connectivity index (χ4v) is 10.6. The minimum atomic E-state index is -0.105. The van der Waals surface area contributed by atoms with Crippen LogP contribution in [0.1, 0.15) is 81.8 Å². The van der Waals surface area contributed by atoms with E-state index in [0.29, 0.717) is 0 Å². The van der Waals surface area contributed by atoms with E-state index in [9.17, 15) is 0 Å². The third-order valence-electron chi connectivity index (χ3n) is 13.8. The molecule has 0 saturated carbocycles. The average Bonchev–Trinajstić information content (AvgIpc) is 3.73. The topological polar surface area (TPSA) is 3.24 Å². The van der Waals surface area contributed by atoms with Gasteiger partial charge in [-0.3, -0.25) is 0 Å². The summed E-state index contributed by atoms with van der Waals surface area (Å²) in [5.74, 6) is 0. The van der Waals surface area contributed by atoms with E-state index in [1.165, 1.54) is 89.0 Å². The third-order valence-corrected chi connectivity index (χ3v) is 13.8. The average molecular weight is 762 g/mol. The predicted molar refractivity (Wildman–Crippen MR) is 252 cm³/mol. The monoisotopic (exact) mass is 761 g/mol. The molecule has 3 aliphatic rings. The lowest BCUT2D eigenvalue weighted by Gasteiger charge is -2.28. The summed E-state index contributed by atoms with van der Waals surface area (Å²) in [6, 6.07) is 57.1. The van der Waals surface area contributed by atoms with Gasteiger partial charge in [0.1, 0.15) is 0 Å². The van der Waals surface area contributed by atoms with Gasteiger partial charge in [0.05, 0.1) is 0 Å². The second-order valence-electron chi connectivity index (χ2n) is 18.2. The number of allylic oxidation sites excluding steroid dienone is 5. The van der Waals surface area contributed by atoms with Gasteiger partial charge in [0.2, 0.25) is 0 Å². The van der Waals surface area contributed by atoms with E-state index in [4.69, 9.17) is 0 Å². The lowest BCUT2D eigenvalue weighted by Crippen LogP contribution is -2.16. The van der Waals surface area contributed by atoms with Crippen molar-refractivity contribution < 1.29 is 0 Å². The van der Waals surface area contributed by atoms with Gasteiger partial charge in [-0.25, -0.2) is 0 Å². The van der Waals surface area contributed by atoms with Crippen LogP contribution >= 0.6 is 0 Å². The number of hydrogen-bond acceptors (Lipinski definition) is 1. The summed E-state index contributed by atoms with van der Waals surface area (Å²) in [7, 11) is 0. The Bertz CT molecular complexity index is 2910. The number of benzene rings is 7. The second-order valence-corrected chi connectivity index (χ2v) is 18.2. The fourth-order valence-electron chi connectivity index (χ4n) is 10.6. The Morgan fingerprint density at radius 1 is 0.407 bits per heavy atom. The number of fused-ring (bicyclic) bond motifs is 7. The van der Waals surface area contributed by atoms with Crippen LogP contribution in [0.3, 0.4) is 0 Å². The molecular weight excluding hydrogens is 711 g/mol. The second kappa shape index (κ2) is 13.3. The minimum absolute atomic E-state index is 0.0391. The van der Waals surface area contributed by atoms with E-state index in [1.807, 2.05) is 6.08 Å². The van der Waals surface area contributed by atoms with Crippen molar-refractivity contribution in [2.75, 3.05) is 4.90 Å². The largest absolute Gasteiger partial charge is 0.310 e. The van der Waals surface area contributed by atoms with Crippen molar-refractivity contribution in [1.82, 2.24) is 0 Å². The Labute approximate surface area is 350 Å². The lowest BCUT2D eigenvalue weighted by atomic mass is 9.80. The van der Waals surface area contributed by atoms with E-state index < -0.39 is 0 Å². The summed E-state index contributed by atoms with van der Waals surface area (Å²) in [6.45, 7) is 20.4. The van der Waals surface area contributed by atoms with Gasteiger partial charge in [0.25, 0.3) is 0 Å². The molecule has 3 aliphatic carbocycles. The smallest absolute Gasteiger partial charge is 0.0465 e. The van der Waals surface area contributed by atoms with Gasteiger partial charge >= 0.3 is 0 Å². The van der Waals surface area contributed by atoms with Crippen LogP contribution in [-0.4, -0.2) is 0 Å². The van der Waals surface area contributed by atoms with E-state index in [-0.39, 0.29) is 16.2 Å². The van der Waals surface area contributed by atoms with Crippen LogP contribution in [0, 0.1) is 0 Å². The Morgan fingerprint density at radius 2 is 0.814 bits per heavy atom. The first-order valence-corrected chi connectivity index (χ1v) is 21.1. The van der Waals surface area contributed by atoms with E-state index in [2.05, 4.69) is 224 Å². The van der Waals surface area contributed by atoms with Crippen molar-refractivity contribution in [3.05, 3.63) is 215 Å². The summed E-state index contributed by atoms with van der Waals surface area (Å²) in [5.41, 5.74) is 24.2. The summed E-state index contributed by atoms with van der Waals surface area (Å²) in [6.07, 6.45) is 6.40. The Morgan fingerprint density at radius 3 is 1.32 bits per heavy atom. The van der Waals surface area contributed by atoms with Crippen molar-refractivity contribution in [2.24, 2.45) is 0 Å². The van der Waals surface area contributed by atoms with Gasteiger partial charge in [-0.15, -0.1) is 0 Å². The summed E-state index contributed by atoms with van der Waals surface area (Å²) >= 11 is 0. The minimum Gasteiger partial charge on any atom is -0.310 e. The number of nitrogens with zero attached hydrogens (tertiary/aromatic N) is 1. The third kappa shape index (κ3) is 5.51. The SMILES string of the molecule is C=CC1=C(/C=C\C)C(C)(C)c2cc(-c3ccc(N(c4ccc(-c5ccc6c(c5)C(C)(C)c5ccccc5-6)cc4)c4ccc5c(c4)C(C)(C)c4ccccc4-5)cc3)ccc21. The van der Waals surface area contributed by atoms with Gasteiger partial charge in [0.15, 0.2) is 0 Å². The lowest BCUT2D eigenvalue weighted by molar-refractivity contribution is 0.654. The van der Waals surface area contributed by atoms with Gasteiger partial charge in [-0.05, 0) is 144 Å². The molecule has 7 aromatic rings. The van der Waals surface area contributed by atoms with Gasteiger partial charge in [-0.2, -0.15) is 0 Å². The normalized spacial score (nSPS) is 16.1. The number of anilines is 3. The summed E-state index contributed by atoms with van der Waals surface area (Å²) in [4.78, 5) is 2.42. The quantitative estimate of drug-likeness (QED) is 0.156. The maximum absolute atomic E-state index is 4.18. The highest BCUT2D eigenvalue weighted by Gasteiger charge is 2.38. The Hall–Kier alpha value is -6.44. The van der Waals surface area contributed by atoms with Crippen molar-refractivity contribution in [1.29, 1.82) is 0 Å². The zero-order valence-electron chi connectivity index (χ0n) is 35.3. The molecule has 288 valence electrons. The van der Waals surface area contributed by atoms with Gasteiger partial charge < -0.3 is 4.90 Å². The molecule has 0 spiro atoms. The van der Waals surface area contributed by atoms with Crippen LogP contribution in [-0.2, 0) is 16.2 Å². The first-order valence-electron chi connectivity index (χ1n) is 21.1. The first-order chi connectivity index (χ1) is 28.4. The fraction of sp³-hybridized carbons (Fsp3) is 0.172. The van der Waals surface area contributed by atoms with Gasteiger partial charge in [-0.1, -0.05) is 169 Å². The van der Waals surface area contributed by atoms with E-state index in [0.717, 1.165) is 17.1 Å². The van der Waals surface area contributed by atoms with Crippen LogP contribution in [0.25, 0.3) is 50.1 Å². The van der Waals surface area contributed by atoms with Crippen LogP contribution < -0.4 is 4.90 Å². The van der Waals surface area contributed by atoms with Crippen LogP contribution in [0.4, 0.5) is 17.1 Å². The maximum Gasteiger partial charge on any atom is 0.0465 e. The highest BCUT2D eigenvalue weighted by molar-refractivity contribution is 5.90. The van der Waals surface area contributed by atoms with Crippen molar-refractivity contribution in [2.45, 2.75) is 64.7 Å².